The highest BCUT2D eigenvalue weighted by Crippen LogP contribution is 2.23. The standard InChI is InChI=1S/C23H23ClFN5O3S/c24-18-4-8-20(9-5-18)34(32,33)28-21(17-2-6-19(25)7-3-17)16-22(31)29-12-14-30(15-13-29)23-26-10-1-11-27-23/h1-11,21,28H,12-16H2/t21-/m0/s1. The van der Waals surface area contributed by atoms with E-state index >= 15 is 0 Å². The predicted molar refractivity (Wildman–Crippen MR) is 126 cm³/mol. The number of aromatic nitrogens is 2. The van der Waals surface area contributed by atoms with Crippen molar-refractivity contribution >= 4 is 33.5 Å². The van der Waals surface area contributed by atoms with Gasteiger partial charge in [-0.3, -0.25) is 4.79 Å². The molecule has 4 rings (SSSR count). The van der Waals surface area contributed by atoms with Gasteiger partial charge >= 0.3 is 0 Å². The van der Waals surface area contributed by atoms with Gasteiger partial charge in [0.2, 0.25) is 21.9 Å². The Bertz CT molecular complexity index is 1220. The van der Waals surface area contributed by atoms with Crippen LogP contribution in [0.1, 0.15) is 18.0 Å². The number of sulfonamides is 1. The topological polar surface area (TPSA) is 95.5 Å². The van der Waals surface area contributed by atoms with Crippen molar-refractivity contribution in [1.82, 2.24) is 19.6 Å². The number of halogens is 2. The Morgan fingerprint density at radius 1 is 1.00 bits per heavy atom. The van der Waals surface area contributed by atoms with Crippen molar-refractivity contribution in [2.75, 3.05) is 31.1 Å². The van der Waals surface area contributed by atoms with E-state index in [1.807, 2.05) is 4.90 Å². The minimum absolute atomic E-state index is 0.0212. The molecule has 1 atom stereocenters. The van der Waals surface area contributed by atoms with Crippen LogP contribution in [0.3, 0.4) is 0 Å². The Labute approximate surface area is 202 Å². The second-order valence-electron chi connectivity index (χ2n) is 7.80. The molecule has 11 heteroatoms. The molecular formula is C23H23ClFN5O3S. The zero-order valence-electron chi connectivity index (χ0n) is 18.1. The van der Waals surface area contributed by atoms with Crippen LogP contribution >= 0.6 is 11.6 Å². The van der Waals surface area contributed by atoms with Gasteiger partial charge in [-0.15, -0.1) is 0 Å². The van der Waals surface area contributed by atoms with E-state index < -0.39 is 21.9 Å². The van der Waals surface area contributed by atoms with Crippen molar-refractivity contribution in [1.29, 1.82) is 0 Å². The van der Waals surface area contributed by atoms with Gasteiger partial charge in [0.1, 0.15) is 5.82 Å². The van der Waals surface area contributed by atoms with Crippen LogP contribution in [-0.2, 0) is 14.8 Å². The number of carbonyl (C=O) groups excluding carboxylic acids is 1. The van der Waals surface area contributed by atoms with Gasteiger partial charge in [-0.25, -0.2) is 27.5 Å². The van der Waals surface area contributed by atoms with Crippen molar-refractivity contribution in [2.45, 2.75) is 17.4 Å². The lowest BCUT2D eigenvalue weighted by atomic mass is 10.0. The first-order valence-corrected chi connectivity index (χ1v) is 12.5. The molecule has 178 valence electrons. The van der Waals surface area contributed by atoms with Crippen LogP contribution < -0.4 is 9.62 Å². The van der Waals surface area contributed by atoms with E-state index in [0.717, 1.165) is 0 Å². The van der Waals surface area contributed by atoms with Crippen LogP contribution in [-0.4, -0.2) is 55.4 Å². The highest BCUT2D eigenvalue weighted by Gasteiger charge is 2.28. The molecule has 0 spiro atoms. The van der Waals surface area contributed by atoms with Crippen molar-refractivity contribution in [3.8, 4) is 0 Å². The minimum atomic E-state index is -3.95. The van der Waals surface area contributed by atoms with Gasteiger partial charge < -0.3 is 9.80 Å². The number of nitrogens with one attached hydrogen (secondary N) is 1. The second kappa shape index (κ2) is 10.5. The monoisotopic (exact) mass is 503 g/mol. The molecule has 3 aromatic rings. The van der Waals surface area contributed by atoms with Gasteiger partial charge in [-0.05, 0) is 48.0 Å². The van der Waals surface area contributed by atoms with Crippen LogP contribution in [0.2, 0.25) is 5.02 Å². The third-order valence-corrected chi connectivity index (χ3v) is 7.28. The normalized spacial score (nSPS) is 15.2. The summed E-state index contributed by atoms with van der Waals surface area (Å²) in [5.41, 5.74) is 0.489. The number of rotatable bonds is 7. The lowest BCUT2D eigenvalue weighted by Crippen LogP contribution is -2.50. The number of carbonyl (C=O) groups is 1. The van der Waals surface area contributed by atoms with E-state index in [4.69, 9.17) is 11.6 Å². The summed E-state index contributed by atoms with van der Waals surface area (Å²) < 4.78 is 42.0. The average Bonchev–Trinajstić information content (AvgIpc) is 2.85. The molecule has 1 fully saturated rings. The largest absolute Gasteiger partial charge is 0.339 e. The third kappa shape index (κ3) is 5.88. The summed E-state index contributed by atoms with van der Waals surface area (Å²) in [7, 11) is -3.95. The summed E-state index contributed by atoms with van der Waals surface area (Å²) in [5, 5.41) is 0.407. The van der Waals surface area contributed by atoms with Gasteiger partial charge in [0.25, 0.3) is 0 Å². The molecule has 0 bridgehead atoms. The summed E-state index contributed by atoms with van der Waals surface area (Å²) in [5.74, 6) is -0.0510. The maximum atomic E-state index is 13.5. The highest BCUT2D eigenvalue weighted by molar-refractivity contribution is 7.89. The Morgan fingerprint density at radius 3 is 2.24 bits per heavy atom. The lowest BCUT2D eigenvalue weighted by molar-refractivity contribution is -0.132. The Balaban J connectivity index is 1.48. The first-order chi connectivity index (χ1) is 16.3. The maximum absolute atomic E-state index is 13.5. The molecule has 1 aromatic heterocycles. The molecular weight excluding hydrogens is 481 g/mol. The summed E-state index contributed by atoms with van der Waals surface area (Å²) in [4.78, 5) is 25.3. The Kier molecular flexibility index (Phi) is 7.40. The summed E-state index contributed by atoms with van der Waals surface area (Å²) in [6, 6.07) is 12.0. The van der Waals surface area contributed by atoms with E-state index in [-0.39, 0.29) is 17.2 Å². The molecule has 0 radical (unpaired) electrons. The molecule has 0 aliphatic carbocycles. The minimum Gasteiger partial charge on any atom is -0.339 e. The fourth-order valence-electron chi connectivity index (χ4n) is 3.71. The molecule has 1 aliphatic rings. The average molecular weight is 504 g/mol. The molecule has 34 heavy (non-hydrogen) atoms. The fourth-order valence-corrected chi connectivity index (χ4v) is 5.06. The second-order valence-corrected chi connectivity index (χ2v) is 9.95. The van der Waals surface area contributed by atoms with E-state index in [9.17, 15) is 17.6 Å². The molecule has 1 aliphatic heterocycles. The van der Waals surface area contributed by atoms with Gasteiger partial charge in [0, 0.05) is 50.0 Å². The molecule has 2 aromatic carbocycles. The summed E-state index contributed by atoms with van der Waals surface area (Å²) >= 11 is 5.87. The third-order valence-electron chi connectivity index (χ3n) is 5.54. The molecule has 1 N–H and O–H groups in total. The number of hydrogen-bond donors (Lipinski definition) is 1. The zero-order chi connectivity index (χ0) is 24.1. The van der Waals surface area contributed by atoms with Crippen LogP contribution in [0.25, 0.3) is 0 Å². The molecule has 0 unspecified atom stereocenters. The van der Waals surface area contributed by atoms with Gasteiger partial charge in [-0.2, -0.15) is 0 Å². The number of amides is 1. The van der Waals surface area contributed by atoms with Gasteiger partial charge in [0.05, 0.1) is 10.9 Å². The van der Waals surface area contributed by atoms with E-state index in [2.05, 4.69) is 14.7 Å². The molecule has 1 saturated heterocycles. The maximum Gasteiger partial charge on any atom is 0.241 e. The first kappa shape index (κ1) is 24.1. The number of nitrogens with zero attached hydrogens (tertiary/aromatic N) is 4. The highest BCUT2D eigenvalue weighted by atomic mass is 35.5. The van der Waals surface area contributed by atoms with Crippen molar-refractivity contribution in [3.63, 3.8) is 0 Å². The SMILES string of the molecule is O=C(C[C@H](NS(=O)(=O)c1ccc(Cl)cc1)c1ccc(F)cc1)N1CCN(c2ncccn2)CC1. The van der Waals surface area contributed by atoms with Crippen LogP contribution in [0, 0.1) is 5.82 Å². The summed E-state index contributed by atoms with van der Waals surface area (Å²) in [6.07, 6.45) is 3.22. The molecule has 8 nitrogen and oxygen atoms in total. The van der Waals surface area contributed by atoms with Gasteiger partial charge in [-0.1, -0.05) is 23.7 Å². The van der Waals surface area contributed by atoms with Crippen molar-refractivity contribution in [3.05, 3.63) is 83.4 Å². The number of benzene rings is 2. The number of hydrogen-bond acceptors (Lipinski definition) is 6. The van der Waals surface area contributed by atoms with E-state index in [0.29, 0.717) is 42.7 Å². The Hall–Kier alpha value is -3.08. The first-order valence-electron chi connectivity index (χ1n) is 10.6. The lowest BCUT2D eigenvalue weighted by Gasteiger charge is -2.35. The molecule has 0 saturated carbocycles. The molecule has 2 heterocycles. The quantitative estimate of drug-likeness (QED) is 0.532. The van der Waals surface area contributed by atoms with E-state index in [1.165, 1.54) is 48.5 Å². The van der Waals surface area contributed by atoms with E-state index in [1.54, 1.807) is 23.4 Å². The smallest absolute Gasteiger partial charge is 0.241 e. The molecule has 1 amide bonds. The number of piperazine rings is 1. The van der Waals surface area contributed by atoms with Crippen molar-refractivity contribution < 1.29 is 17.6 Å². The van der Waals surface area contributed by atoms with Crippen LogP contribution in [0.5, 0.6) is 0 Å². The fraction of sp³-hybridized carbons (Fsp3) is 0.261. The van der Waals surface area contributed by atoms with Crippen LogP contribution in [0.4, 0.5) is 10.3 Å². The zero-order valence-corrected chi connectivity index (χ0v) is 19.7. The predicted octanol–water partition coefficient (Wildman–Crippen LogP) is 3.03. The van der Waals surface area contributed by atoms with Crippen LogP contribution in [0.15, 0.2) is 71.9 Å². The van der Waals surface area contributed by atoms with Gasteiger partial charge in [0.15, 0.2) is 0 Å². The summed E-state index contributed by atoms with van der Waals surface area (Å²) in [6.45, 7) is 2.04. The Morgan fingerprint density at radius 2 is 1.62 bits per heavy atom. The number of anilines is 1. The van der Waals surface area contributed by atoms with Crippen molar-refractivity contribution in [2.24, 2.45) is 0 Å².